The number of methoxy groups -OCH3 is 1. The van der Waals surface area contributed by atoms with Gasteiger partial charge < -0.3 is 4.74 Å². The molecule has 0 radical (unpaired) electrons. The summed E-state index contributed by atoms with van der Waals surface area (Å²) < 4.78 is 41.0. The van der Waals surface area contributed by atoms with Crippen molar-refractivity contribution in [2.24, 2.45) is 5.92 Å². The quantitative estimate of drug-likeness (QED) is 0.740. The van der Waals surface area contributed by atoms with Gasteiger partial charge in [-0.2, -0.15) is 0 Å². The number of ether oxygens (including phenoxy) is 1. The van der Waals surface area contributed by atoms with Crippen LogP contribution in [0.2, 0.25) is 0 Å². The zero-order valence-electron chi connectivity index (χ0n) is 13.2. The Morgan fingerprint density at radius 1 is 1.29 bits per heavy atom. The van der Waals surface area contributed by atoms with Crippen molar-refractivity contribution in [2.45, 2.75) is 19.3 Å². The van der Waals surface area contributed by atoms with Gasteiger partial charge in [0, 0.05) is 6.42 Å². The van der Waals surface area contributed by atoms with Crippen molar-refractivity contribution >= 4 is 21.7 Å². The van der Waals surface area contributed by atoms with Crippen molar-refractivity contribution in [1.29, 1.82) is 0 Å². The summed E-state index contributed by atoms with van der Waals surface area (Å²) >= 11 is 0. The van der Waals surface area contributed by atoms with Crippen molar-refractivity contribution in [3.63, 3.8) is 0 Å². The predicted molar refractivity (Wildman–Crippen MR) is 84.3 cm³/mol. The van der Waals surface area contributed by atoms with E-state index in [1.54, 1.807) is 6.07 Å². The number of carbonyl (C=O) groups is 2. The van der Waals surface area contributed by atoms with E-state index in [4.69, 9.17) is 4.74 Å². The number of carbonyl (C=O) groups excluding carboxylic acids is 2. The molecular weight excluding hydrogens is 339 g/mol. The fourth-order valence-corrected chi connectivity index (χ4v) is 4.40. The van der Waals surface area contributed by atoms with Gasteiger partial charge in [-0.1, -0.05) is 6.07 Å². The molecule has 2 N–H and O–H groups in total. The number of sulfone groups is 1. The lowest BCUT2D eigenvalue weighted by Crippen LogP contribution is -2.43. The molecule has 0 aliphatic carbocycles. The third-order valence-corrected chi connectivity index (χ3v) is 5.56. The van der Waals surface area contributed by atoms with Crippen LogP contribution in [0.5, 0.6) is 5.75 Å². The van der Waals surface area contributed by atoms with Gasteiger partial charge in [0.25, 0.3) is 0 Å². The van der Waals surface area contributed by atoms with Gasteiger partial charge in [0.15, 0.2) is 21.4 Å². The molecule has 132 valence electrons. The van der Waals surface area contributed by atoms with Crippen LogP contribution in [-0.2, 0) is 25.8 Å². The molecule has 0 spiro atoms. The number of hydrogen-bond donors (Lipinski definition) is 2. The molecule has 7 nitrogen and oxygen atoms in total. The molecule has 1 saturated heterocycles. The molecule has 0 bridgehead atoms. The molecule has 1 aliphatic rings. The Bertz CT molecular complexity index is 735. The third-order valence-electron chi connectivity index (χ3n) is 3.72. The first kappa shape index (κ1) is 18.2. The van der Waals surface area contributed by atoms with Crippen LogP contribution in [0.3, 0.4) is 0 Å². The van der Waals surface area contributed by atoms with Crippen molar-refractivity contribution < 1.29 is 27.1 Å². The number of nitrogens with one attached hydrogen (secondary N) is 2. The van der Waals surface area contributed by atoms with Crippen LogP contribution >= 0.6 is 0 Å². The van der Waals surface area contributed by atoms with E-state index in [0.29, 0.717) is 12.0 Å². The predicted octanol–water partition coefficient (Wildman–Crippen LogP) is 0.349. The number of amides is 2. The van der Waals surface area contributed by atoms with Gasteiger partial charge in [-0.15, -0.1) is 0 Å². The highest BCUT2D eigenvalue weighted by Gasteiger charge is 2.29. The van der Waals surface area contributed by atoms with E-state index in [-0.39, 0.29) is 36.0 Å². The largest absolute Gasteiger partial charge is 0.494 e. The molecule has 2 amide bonds. The number of benzene rings is 1. The van der Waals surface area contributed by atoms with Gasteiger partial charge in [0.05, 0.1) is 25.0 Å². The molecule has 1 aromatic rings. The van der Waals surface area contributed by atoms with E-state index in [9.17, 15) is 22.4 Å². The minimum absolute atomic E-state index is 0.000504. The van der Waals surface area contributed by atoms with E-state index in [2.05, 4.69) is 10.9 Å². The standard InChI is InChI=1S/C15H19FN2O5S/c1-23-13-3-2-10(6-12(13)16)7-14(19)17-18-15(20)8-11-4-5-24(21,22)9-11/h2-3,6,11H,4-5,7-9H2,1H3,(H,17,19)(H,18,20)/t11-/m0/s1. The maximum atomic E-state index is 13.5. The van der Waals surface area contributed by atoms with Gasteiger partial charge in [-0.3, -0.25) is 20.4 Å². The Balaban J connectivity index is 1.76. The highest BCUT2D eigenvalue weighted by molar-refractivity contribution is 7.91. The van der Waals surface area contributed by atoms with Gasteiger partial charge in [0.2, 0.25) is 11.8 Å². The lowest BCUT2D eigenvalue weighted by molar-refractivity contribution is -0.129. The maximum absolute atomic E-state index is 13.5. The molecule has 2 rings (SSSR count). The molecule has 1 aromatic carbocycles. The van der Waals surface area contributed by atoms with Crippen LogP contribution in [0.4, 0.5) is 4.39 Å². The van der Waals surface area contributed by atoms with E-state index in [1.165, 1.54) is 19.2 Å². The number of hydrazine groups is 1. The van der Waals surface area contributed by atoms with Crippen LogP contribution in [0.15, 0.2) is 18.2 Å². The van der Waals surface area contributed by atoms with Crippen LogP contribution < -0.4 is 15.6 Å². The monoisotopic (exact) mass is 358 g/mol. The lowest BCUT2D eigenvalue weighted by Gasteiger charge is -2.10. The summed E-state index contributed by atoms with van der Waals surface area (Å²) in [6.07, 6.45) is 0.379. The molecule has 24 heavy (non-hydrogen) atoms. The highest BCUT2D eigenvalue weighted by atomic mass is 32.2. The van der Waals surface area contributed by atoms with Gasteiger partial charge in [0.1, 0.15) is 0 Å². The molecule has 1 aliphatic heterocycles. The Hall–Kier alpha value is -2.16. The van der Waals surface area contributed by atoms with Crippen molar-refractivity contribution in [2.75, 3.05) is 18.6 Å². The van der Waals surface area contributed by atoms with E-state index < -0.39 is 27.5 Å². The number of hydrogen-bond acceptors (Lipinski definition) is 5. The van der Waals surface area contributed by atoms with Crippen molar-refractivity contribution in [3.8, 4) is 5.75 Å². The second kappa shape index (κ2) is 7.61. The normalized spacial score (nSPS) is 18.8. The van der Waals surface area contributed by atoms with E-state index in [1.807, 2.05) is 0 Å². The third kappa shape index (κ3) is 5.19. The SMILES string of the molecule is COc1ccc(CC(=O)NNC(=O)C[C@@H]2CCS(=O)(=O)C2)cc1F. The summed E-state index contributed by atoms with van der Waals surface area (Å²) in [7, 11) is -1.69. The van der Waals surface area contributed by atoms with Crippen LogP contribution in [0.1, 0.15) is 18.4 Å². The number of halogens is 1. The Kier molecular flexibility index (Phi) is 5.76. The summed E-state index contributed by atoms with van der Waals surface area (Å²) in [5.74, 6) is -1.58. The van der Waals surface area contributed by atoms with Crippen molar-refractivity contribution in [3.05, 3.63) is 29.6 Å². The van der Waals surface area contributed by atoms with Gasteiger partial charge in [-0.25, -0.2) is 12.8 Å². The summed E-state index contributed by atoms with van der Waals surface area (Å²) in [4.78, 5) is 23.5. The molecule has 1 heterocycles. The minimum Gasteiger partial charge on any atom is -0.494 e. The fraction of sp³-hybridized carbons (Fsp3) is 0.467. The highest BCUT2D eigenvalue weighted by Crippen LogP contribution is 2.21. The Morgan fingerprint density at radius 3 is 2.58 bits per heavy atom. The second-order valence-electron chi connectivity index (χ2n) is 5.72. The fourth-order valence-electron chi connectivity index (χ4n) is 2.54. The smallest absolute Gasteiger partial charge is 0.242 e. The molecule has 0 saturated carbocycles. The minimum atomic E-state index is -3.04. The van der Waals surface area contributed by atoms with Crippen molar-refractivity contribution in [1.82, 2.24) is 10.9 Å². The Morgan fingerprint density at radius 2 is 2.00 bits per heavy atom. The first-order valence-corrected chi connectivity index (χ1v) is 9.22. The van der Waals surface area contributed by atoms with Crippen LogP contribution in [0.25, 0.3) is 0 Å². The summed E-state index contributed by atoms with van der Waals surface area (Å²) in [6, 6.07) is 4.15. The molecular formula is C15H19FN2O5S. The zero-order chi connectivity index (χ0) is 17.7. The topological polar surface area (TPSA) is 102 Å². The Labute approximate surface area is 139 Å². The average Bonchev–Trinajstić information content (AvgIpc) is 2.84. The summed E-state index contributed by atoms with van der Waals surface area (Å²) in [6.45, 7) is 0. The number of rotatable bonds is 5. The zero-order valence-corrected chi connectivity index (χ0v) is 14.0. The molecule has 0 aromatic heterocycles. The molecule has 1 atom stereocenters. The second-order valence-corrected chi connectivity index (χ2v) is 7.94. The maximum Gasteiger partial charge on any atom is 0.242 e. The van der Waals surface area contributed by atoms with Gasteiger partial charge >= 0.3 is 0 Å². The van der Waals surface area contributed by atoms with Crippen LogP contribution in [-0.4, -0.2) is 38.8 Å². The van der Waals surface area contributed by atoms with E-state index in [0.717, 1.165) is 0 Å². The molecule has 1 fully saturated rings. The lowest BCUT2D eigenvalue weighted by atomic mass is 10.1. The average molecular weight is 358 g/mol. The first-order valence-electron chi connectivity index (χ1n) is 7.39. The summed E-state index contributed by atoms with van der Waals surface area (Å²) in [5.41, 5.74) is 4.91. The first-order chi connectivity index (χ1) is 11.3. The van der Waals surface area contributed by atoms with Crippen LogP contribution in [0, 0.1) is 11.7 Å². The molecule has 0 unspecified atom stereocenters. The summed E-state index contributed by atoms with van der Waals surface area (Å²) in [5, 5.41) is 0. The van der Waals surface area contributed by atoms with Gasteiger partial charge in [-0.05, 0) is 30.0 Å². The molecule has 9 heteroatoms. The van der Waals surface area contributed by atoms with E-state index >= 15 is 0 Å².